The molecule has 0 saturated carbocycles. The normalized spacial score (nSPS) is 26.9. The van der Waals surface area contributed by atoms with Crippen LogP contribution >= 0.6 is 0 Å². The van der Waals surface area contributed by atoms with Crippen molar-refractivity contribution >= 4 is 5.91 Å². The van der Waals surface area contributed by atoms with Crippen LogP contribution in [0.2, 0.25) is 0 Å². The maximum Gasteiger partial charge on any atom is 0.231 e. The third-order valence-electron chi connectivity index (χ3n) is 4.52. The minimum Gasteiger partial charge on any atom is -0.375 e. The van der Waals surface area contributed by atoms with Crippen LogP contribution in [0.15, 0.2) is 30.3 Å². The van der Waals surface area contributed by atoms with E-state index in [0.717, 1.165) is 25.0 Å². The van der Waals surface area contributed by atoms with E-state index in [4.69, 9.17) is 15.2 Å². The maximum absolute atomic E-state index is 12.8. The molecule has 1 amide bonds. The third kappa shape index (κ3) is 3.32. The molecule has 1 aromatic rings. The van der Waals surface area contributed by atoms with Gasteiger partial charge in [-0.15, -0.1) is 0 Å². The van der Waals surface area contributed by atoms with Crippen LogP contribution in [0.1, 0.15) is 24.3 Å². The van der Waals surface area contributed by atoms with E-state index in [9.17, 15) is 4.79 Å². The number of nitrogens with zero attached hydrogens (tertiary/aromatic N) is 1. The zero-order valence-electron chi connectivity index (χ0n) is 12.8. The first-order valence-electron chi connectivity index (χ1n) is 8.06. The summed E-state index contributed by atoms with van der Waals surface area (Å²) < 4.78 is 11.5. The van der Waals surface area contributed by atoms with Crippen LogP contribution in [0.3, 0.4) is 0 Å². The average Bonchev–Trinajstić information content (AvgIpc) is 3.11. The van der Waals surface area contributed by atoms with Crippen molar-refractivity contribution in [2.45, 2.75) is 31.0 Å². The van der Waals surface area contributed by atoms with Crippen LogP contribution in [-0.2, 0) is 14.3 Å². The van der Waals surface area contributed by atoms with Gasteiger partial charge in [-0.1, -0.05) is 30.3 Å². The maximum atomic E-state index is 12.8. The highest BCUT2D eigenvalue weighted by Crippen LogP contribution is 2.23. The number of rotatable bonds is 4. The first-order valence-corrected chi connectivity index (χ1v) is 8.06. The molecule has 0 spiro atoms. The Hall–Kier alpha value is -1.43. The van der Waals surface area contributed by atoms with Gasteiger partial charge in [-0.05, 0) is 18.4 Å². The SMILES string of the molecule is NC[C@H](C(=O)N1CCO[C@H]([C@@H]2CCCO2)C1)c1ccccc1. The minimum atomic E-state index is -0.274. The van der Waals surface area contributed by atoms with Gasteiger partial charge in [0.05, 0.1) is 18.6 Å². The van der Waals surface area contributed by atoms with E-state index < -0.39 is 0 Å². The lowest BCUT2D eigenvalue weighted by Crippen LogP contribution is -2.51. The lowest BCUT2D eigenvalue weighted by molar-refractivity contribution is -0.146. The molecule has 2 aliphatic heterocycles. The molecule has 22 heavy (non-hydrogen) atoms. The van der Waals surface area contributed by atoms with Crippen molar-refractivity contribution in [3.05, 3.63) is 35.9 Å². The van der Waals surface area contributed by atoms with Gasteiger partial charge in [0.25, 0.3) is 0 Å². The number of benzene rings is 1. The number of carbonyl (C=O) groups is 1. The summed E-state index contributed by atoms with van der Waals surface area (Å²) in [7, 11) is 0. The van der Waals surface area contributed by atoms with Gasteiger partial charge in [-0.2, -0.15) is 0 Å². The summed E-state index contributed by atoms with van der Waals surface area (Å²) in [6, 6.07) is 9.77. The molecule has 1 aromatic carbocycles. The zero-order valence-corrected chi connectivity index (χ0v) is 12.8. The molecule has 2 aliphatic rings. The van der Waals surface area contributed by atoms with Gasteiger partial charge < -0.3 is 20.1 Å². The molecular formula is C17H24N2O3. The number of hydrogen-bond donors (Lipinski definition) is 1. The van der Waals surface area contributed by atoms with Crippen molar-refractivity contribution in [3.63, 3.8) is 0 Å². The lowest BCUT2D eigenvalue weighted by atomic mass is 9.97. The minimum absolute atomic E-state index is 0.00519. The Bertz CT molecular complexity index is 488. The van der Waals surface area contributed by atoms with Gasteiger partial charge >= 0.3 is 0 Å². The zero-order chi connectivity index (χ0) is 15.4. The molecule has 3 atom stereocenters. The summed E-state index contributed by atoms with van der Waals surface area (Å²) in [5.41, 5.74) is 6.85. The van der Waals surface area contributed by atoms with Crippen LogP contribution in [-0.4, -0.2) is 55.9 Å². The Morgan fingerprint density at radius 2 is 2.00 bits per heavy atom. The Morgan fingerprint density at radius 3 is 2.68 bits per heavy atom. The lowest BCUT2D eigenvalue weighted by Gasteiger charge is -2.37. The summed E-state index contributed by atoms with van der Waals surface area (Å²) in [5.74, 6) is -0.176. The second-order valence-corrected chi connectivity index (χ2v) is 5.94. The number of hydrogen-bond acceptors (Lipinski definition) is 4. The number of ether oxygens (including phenoxy) is 2. The molecule has 2 heterocycles. The second-order valence-electron chi connectivity index (χ2n) is 5.94. The van der Waals surface area contributed by atoms with Crippen molar-refractivity contribution in [1.29, 1.82) is 0 Å². The molecule has 2 saturated heterocycles. The summed E-state index contributed by atoms with van der Waals surface area (Å²) in [6.45, 7) is 2.93. The molecule has 0 bridgehead atoms. The van der Waals surface area contributed by atoms with E-state index in [-0.39, 0.29) is 24.0 Å². The summed E-state index contributed by atoms with van der Waals surface area (Å²) in [5, 5.41) is 0. The molecule has 3 rings (SSSR count). The van der Waals surface area contributed by atoms with Gasteiger partial charge in [0.1, 0.15) is 6.10 Å². The molecule has 5 nitrogen and oxygen atoms in total. The van der Waals surface area contributed by atoms with E-state index in [0.29, 0.717) is 26.2 Å². The van der Waals surface area contributed by atoms with Crippen LogP contribution in [0.25, 0.3) is 0 Å². The predicted octanol–water partition coefficient (Wildman–Crippen LogP) is 1.14. The van der Waals surface area contributed by atoms with Crippen molar-refractivity contribution in [1.82, 2.24) is 4.90 Å². The first-order chi connectivity index (χ1) is 10.8. The first kappa shape index (κ1) is 15.5. The molecule has 120 valence electrons. The van der Waals surface area contributed by atoms with Gasteiger partial charge in [0, 0.05) is 26.2 Å². The van der Waals surface area contributed by atoms with Crippen LogP contribution in [0, 0.1) is 0 Å². The van der Waals surface area contributed by atoms with Crippen molar-refractivity contribution in [2.75, 3.05) is 32.8 Å². The molecule has 0 aromatic heterocycles. The van der Waals surface area contributed by atoms with Gasteiger partial charge in [-0.25, -0.2) is 0 Å². The second kappa shape index (κ2) is 7.22. The summed E-state index contributed by atoms with van der Waals surface area (Å²) >= 11 is 0. The van der Waals surface area contributed by atoms with Gasteiger partial charge in [-0.3, -0.25) is 4.79 Å². The topological polar surface area (TPSA) is 64.8 Å². The Kier molecular flexibility index (Phi) is 5.08. The fourth-order valence-electron chi connectivity index (χ4n) is 3.28. The highest BCUT2D eigenvalue weighted by molar-refractivity contribution is 5.84. The number of carbonyl (C=O) groups excluding carboxylic acids is 1. The number of morpholine rings is 1. The smallest absolute Gasteiger partial charge is 0.231 e. The summed E-state index contributed by atoms with van der Waals surface area (Å²) in [4.78, 5) is 14.7. The van der Waals surface area contributed by atoms with E-state index in [2.05, 4.69) is 0 Å². The quantitative estimate of drug-likeness (QED) is 0.906. The Labute approximate surface area is 131 Å². The summed E-state index contributed by atoms with van der Waals surface area (Å²) in [6.07, 6.45) is 2.22. The molecule has 0 radical (unpaired) electrons. The Morgan fingerprint density at radius 1 is 1.23 bits per heavy atom. The van der Waals surface area contributed by atoms with Crippen LogP contribution in [0.5, 0.6) is 0 Å². The van der Waals surface area contributed by atoms with Crippen LogP contribution < -0.4 is 5.73 Å². The third-order valence-corrected chi connectivity index (χ3v) is 4.52. The molecule has 0 unspecified atom stereocenters. The molecule has 5 heteroatoms. The van der Waals surface area contributed by atoms with Crippen molar-refractivity contribution in [3.8, 4) is 0 Å². The standard InChI is InChI=1S/C17H24N2O3/c18-11-14(13-5-2-1-3-6-13)17(20)19-8-10-22-16(12-19)15-7-4-9-21-15/h1-3,5-6,14-16H,4,7-12,18H2/t14-,15-,16-/m0/s1. The van der Waals surface area contributed by atoms with Gasteiger partial charge in [0.15, 0.2) is 0 Å². The molecule has 2 fully saturated rings. The predicted molar refractivity (Wildman–Crippen MR) is 83.5 cm³/mol. The number of amides is 1. The van der Waals surface area contributed by atoms with Gasteiger partial charge in [0.2, 0.25) is 5.91 Å². The molecule has 2 N–H and O–H groups in total. The number of nitrogens with two attached hydrogens (primary N) is 1. The fraction of sp³-hybridized carbons (Fsp3) is 0.588. The van der Waals surface area contributed by atoms with Crippen molar-refractivity contribution < 1.29 is 14.3 Å². The average molecular weight is 304 g/mol. The molecule has 0 aliphatic carbocycles. The van der Waals surface area contributed by atoms with E-state index in [1.807, 2.05) is 35.2 Å². The molecular weight excluding hydrogens is 280 g/mol. The van der Waals surface area contributed by atoms with E-state index >= 15 is 0 Å². The van der Waals surface area contributed by atoms with E-state index in [1.165, 1.54) is 0 Å². The highest BCUT2D eigenvalue weighted by atomic mass is 16.5. The van der Waals surface area contributed by atoms with Crippen molar-refractivity contribution in [2.24, 2.45) is 5.73 Å². The Balaban J connectivity index is 1.67. The monoisotopic (exact) mass is 304 g/mol. The highest BCUT2D eigenvalue weighted by Gasteiger charge is 2.34. The fourth-order valence-corrected chi connectivity index (χ4v) is 3.28. The van der Waals surface area contributed by atoms with E-state index in [1.54, 1.807) is 0 Å². The largest absolute Gasteiger partial charge is 0.375 e. The van der Waals surface area contributed by atoms with Crippen LogP contribution in [0.4, 0.5) is 0 Å².